The van der Waals surface area contributed by atoms with Crippen molar-refractivity contribution >= 4 is 11.9 Å². The van der Waals surface area contributed by atoms with Gasteiger partial charge in [0.25, 0.3) is 0 Å². The SMILES string of the molecule is CCC(NC(=O)C1CCCOC1)C(=O)O. The summed E-state index contributed by atoms with van der Waals surface area (Å²) in [6.07, 6.45) is 2.04. The summed E-state index contributed by atoms with van der Waals surface area (Å²) in [6.45, 7) is 2.83. The second kappa shape index (κ2) is 5.70. The van der Waals surface area contributed by atoms with E-state index in [0.717, 1.165) is 12.8 Å². The predicted octanol–water partition coefficient (Wildman–Crippen LogP) is 0.392. The van der Waals surface area contributed by atoms with Gasteiger partial charge in [0.1, 0.15) is 6.04 Å². The Morgan fingerprint density at radius 3 is 2.80 bits per heavy atom. The van der Waals surface area contributed by atoms with Crippen molar-refractivity contribution in [1.82, 2.24) is 5.32 Å². The van der Waals surface area contributed by atoms with Gasteiger partial charge in [0.15, 0.2) is 0 Å². The van der Waals surface area contributed by atoms with Gasteiger partial charge in [-0.1, -0.05) is 6.92 Å². The molecule has 1 fully saturated rings. The number of ether oxygens (including phenoxy) is 1. The first-order valence-electron chi connectivity index (χ1n) is 5.26. The molecule has 5 nitrogen and oxygen atoms in total. The second-order valence-corrected chi connectivity index (χ2v) is 3.72. The van der Waals surface area contributed by atoms with Gasteiger partial charge in [-0.2, -0.15) is 0 Å². The van der Waals surface area contributed by atoms with Gasteiger partial charge in [-0.15, -0.1) is 0 Å². The number of hydrogen-bond donors (Lipinski definition) is 2. The zero-order chi connectivity index (χ0) is 11.3. The number of hydrogen-bond acceptors (Lipinski definition) is 3. The Morgan fingerprint density at radius 2 is 2.33 bits per heavy atom. The van der Waals surface area contributed by atoms with E-state index in [0.29, 0.717) is 19.6 Å². The van der Waals surface area contributed by atoms with Crippen LogP contribution < -0.4 is 5.32 Å². The summed E-state index contributed by atoms with van der Waals surface area (Å²) < 4.78 is 5.17. The highest BCUT2D eigenvalue weighted by Gasteiger charge is 2.25. The van der Waals surface area contributed by atoms with E-state index in [1.165, 1.54) is 0 Å². The number of carboxylic acids is 1. The van der Waals surface area contributed by atoms with E-state index in [9.17, 15) is 9.59 Å². The summed E-state index contributed by atoms with van der Waals surface area (Å²) in [7, 11) is 0. The average Bonchev–Trinajstić information content (AvgIpc) is 2.26. The van der Waals surface area contributed by atoms with E-state index in [-0.39, 0.29) is 11.8 Å². The van der Waals surface area contributed by atoms with Gasteiger partial charge in [0.2, 0.25) is 5.91 Å². The summed E-state index contributed by atoms with van der Waals surface area (Å²) in [4.78, 5) is 22.3. The lowest BCUT2D eigenvalue weighted by atomic mass is 10.0. The van der Waals surface area contributed by atoms with Crippen molar-refractivity contribution in [2.45, 2.75) is 32.2 Å². The van der Waals surface area contributed by atoms with Gasteiger partial charge in [-0.25, -0.2) is 4.79 Å². The van der Waals surface area contributed by atoms with Gasteiger partial charge < -0.3 is 15.2 Å². The molecule has 2 unspecified atom stereocenters. The molecule has 2 atom stereocenters. The summed E-state index contributed by atoms with van der Waals surface area (Å²) in [5.41, 5.74) is 0. The molecule has 1 aliphatic heterocycles. The van der Waals surface area contributed by atoms with E-state index in [4.69, 9.17) is 9.84 Å². The number of carboxylic acid groups (broad SMARTS) is 1. The van der Waals surface area contributed by atoms with Gasteiger partial charge in [-0.05, 0) is 19.3 Å². The fraction of sp³-hybridized carbons (Fsp3) is 0.800. The summed E-state index contributed by atoms with van der Waals surface area (Å²) >= 11 is 0. The number of aliphatic carboxylic acids is 1. The number of amides is 1. The lowest BCUT2D eigenvalue weighted by Crippen LogP contribution is -2.45. The molecule has 0 aliphatic carbocycles. The van der Waals surface area contributed by atoms with Crippen molar-refractivity contribution in [2.24, 2.45) is 5.92 Å². The molecule has 0 aromatic heterocycles. The minimum atomic E-state index is -0.984. The third-order valence-corrected chi connectivity index (χ3v) is 2.55. The summed E-state index contributed by atoms with van der Waals surface area (Å²) in [5.74, 6) is -1.38. The van der Waals surface area contributed by atoms with Crippen LogP contribution in [0.4, 0.5) is 0 Å². The van der Waals surface area contributed by atoms with E-state index in [1.807, 2.05) is 0 Å². The lowest BCUT2D eigenvalue weighted by Gasteiger charge is -2.23. The molecule has 1 aliphatic rings. The molecular formula is C10H17NO4. The monoisotopic (exact) mass is 215 g/mol. The maximum Gasteiger partial charge on any atom is 0.326 e. The normalized spacial score (nSPS) is 23.1. The van der Waals surface area contributed by atoms with Crippen LogP contribution in [0, 0.1) is 5.92 Å². The second-order valence-electron chi connectivity index (χ2n) is 3.72. The number of rotatable bonds is 4. The van der Waals surface area contributed by atoms with E-state index in [2.05, 4.69) is 5.32 Å². The van der Waals surface area contributed by atoms with Crippen molar-refractivity contribution in [2.75, 3.05) is 13.2 Å². The lowest BCUT2D eigenvalue weighted by molar-refractivity contribution is -0.143. The quantitative estimate of drug-likeness (QED) is 0.711. The van der Waals surface area contributed by atoms with Crippen LogP contribution in [0.1, 0.15) is 26.2 Å². The first-order chi connectivity index (χ1) is 7.15. The van der Waals surface area contributed by atoms with E-state index < -0.39 is 12.0 Å². The molecule has 1 rings (SSSR count). The number of carbonyl (C=O) groups is 2. The van der Waals surface area contributed by atoms with Crippen LogP contribution in [0.3, 0.4) is 0 Å². The molecule has 0 radical (unpaired) electrons. The summed E-state index contributed by atoms with van der Waals surface area (Å²) in [6, 6.07) is -0.778. The maximum atomic E-state index is 11.6. The Bertz CT molecular complexity index is 236. The number of nitrogens with one attached hydrogen (secondary N) is 1. The Hall–Kier alpha value is -1.10. The molecule has 0 aromatic rings. The average molecular weight is 215 g/mol. The molecule has 86 valence electrons. The Morgan fingerprint density at radius 1 is 1.60 bits per heavy atom. The molecule has 0 aromatic carbocycles. The van der Waals surface area contributed by atoms with Crippen molar-refractivity contribution in [1.29, 1.82) is 0 Å². The third-order valence-electron chi connectivity index (χ3n) is 2.55. The minimum Gasteiger partial charge on any atom is -0.480 e. The fourth-order valence-electron chi connectivity index (χ4n) is 1.58. The van der Waals surface area contributed by atoms with Crippen LogP contribution in [0.5, 0.6) is 0 Å². The van der Waals surface area contributed by atoms with Crippen molar-refractivity contribution in [3.8, 4) is 0 Å². The zero-order valence-electron chi connectivity index (χ0n) is 8.86. The van der Waals surface area contributed by atoms with Gasteiger partial charge in [0.05, 0.1) is 12.5 Å². The van der Waals surface area contributed by atoms with E-state index >= 15 is 0 Å². The third kappa shape index (κ3) is 3.51. The van der Waals surface area contributed by atoms with Crippen LogP contribution in [0.25, 0.3) is 0 Å². The standard InChI is InChI=1S/C10H17NO4/c1-2-8(10(13)14)11-9(12)7-4-3-5-15-6-7/h7-8H,2-6H2,1H3,(H,11,12)(H,13,14). The fourth-order valence-corrected chi connectivity index (χ4v) is 1.58. The van der Waals surface area contributed by atoms with E-state index in [1.54, 1.807) is 6.92 Å². The topological polar surface area (TPSA) is 75.6 Å². The molecular weight excluding hydrogens is 198 g/mol. The minimum absolute atomic E-state index is 0.188. The Labute approximate surface area is 88.8 Å². The van der Waals surface area contributed by atoms with Crippen LogP contribution in [0.2, 0.25) is 0 Å². The molecule has 0 saturated carbocycles. The molecule has 1 heterocycles. The first-order valence-corrected chi connectivity index (χ1v) is 5.26. The van der Waals surface area contributed by atoms with Crippen LogP contribution >= 0.6 is 0 Å². The summed E-state index contributed by atoms with van der Waals surface area (Å²) in [5, 5.41) is 11.3. The molecule has 0 spiro atoms. The van der Waals surface area contributed by atoms with Crippen molar-refractivity contribution in [3.05, 3.63) is 0 Å². The molecule has 0 bridgehead atoms. The Balaban J connectivity index is 2.42. The predicted molar refractivity (Wildman–Crippen MR) is 53.4 cm³/mol. The molecule has 15 heavy (non-hydrogen) atoms. The van der Waals surface area contributed by atoms with Crippen LogP contribution in [0.15, 0.2) is 0 Å². The smallest absolute Gasteiger partial charge is 0.326 e. The Kier molecular flexibility index (Phi) is 4.55. The first kappa shape index (κ1) is 12.0. The molecule has 1 amide bonds. The van der Waals surface area contributed by atoms with Crippen LogP contribution in [-0.2, 0) is 14.3 Å². The zero-order valence-corrected chi connectivity index (χ0v) is 8.86. The highest BCUT2D eigenvalue weighted by atomic mass is 16.5. The molecule has 1 saturated heterocycles. The highest BCUT2D eigenvalue weighted by molar-refractivity contribution is 5.85. The largest absolute Gasteiger partial charge is 0.480 e. The molecule has 2 N–H and O–H groups in total. The number of carbonyl (C=O) groups excluding carboxylic acids is 1. The van der Waals surface area contributed by atoms with Crippen LogP contribution in [-0.4, -0.2) is 36.2 Å². The highest BCUT2D eigenvalue weighted by Crippen LogP contribution is 2.13. The van der Waals surface area contributed by atoms with Crippen molar-refractivity contribution < 1.29 is 19.4 Å². The maximum absolute atomic E-state index is 11.6. The van der Waals surface area contributed by atoms with Gasteiger partial charge in [-0.3, -0.25) is 4.79 Å². The van der Waals surface area contributed by atoms with Gasteiger partial charge in [0, 0.05) is 6.61 Å². The van der Waals surface area contributed by atoms with Crippen molar-refractivity contribution in [3.63, 3.8) is 0 Å². The molecule has 5 heteroatoms. The van der Waals surface area contributed by atoms with Gasteiger partial charge >= 0.3 is 5.97 Å².